The number of carbonyl (C=O) groups excluding carboxylic acids is 1. The summed E-state index contributed by atoms with van der Waals surface area (Å²) in [7, 11) is 1.44. The lowest BCUT2D eigenvalue weighted by molar-refractivity contribution is 0.250. The van der Waals surface area contributed by atoms with Crippen LogP contribution in [0.25, 0.3) is 0 Å². The van der Waals surface area contributed by atoms with Crippen molar-refractivity contribution < 1.29 is 4.79 Å². The molecule has 0 unspecified atom stereocenters. The van der Waals surface area contributed by atoms with Crippen LogP contribution < -0.4 is 16.0 Å². The molecule has 0 saturated heterocycles. The van der Waals surface area contributed by atoms with Gasteiger partial charge in [-0.2, -0.15) is 0 Å². The molecule has 1 heterocycles. The van der Waals surface area contributed by atoms with Gasteiger partial charge in [0.05, 0.1) is 0 Å². The Morgan fingerprint density at radius 3 is 2.86 bits per heavy atom. The third kappa shape index (κ3) is 1.94. The van der Waals surface area contributed by atoms with Gasteiger partial charge in [-0.1, -0.05) is 0 Å². The molecule has 0 atom stereocenters. The van der Waals surface area contributed by atoms with Gasteiger partial charge in [-0.05, 0) is 6.07 Å². The van der Waals surface area contributed by atoms with Gasteiger partial charge in [0.25, 0.3) is 0 Å². The quantitative estimate of drug-likeness (QED) is 0.414. The van der Waals surface area contributed by atoms with Gasteiger partial charge in [-0.15, -0.1) is 0 Å². The molecule has 7 nitrogen and oxygen atoms in total. The molecule has 4 N–H and O–H groups in total. The lowest BCUT2D eigenvalue weighted by Crippen LogP contribution is -2.46. The van der Waals surface area contributed by atoms with E-state index in [4.69, 9.17) is 11.1 Å². The van der Waals surface area contributed by atoms with E-state index in [0.29, 0.717) is 0 Å². The van der Waals surface area contributed by atoms with E-state index < -0.39 is 12.0 Å². The number of aromatic nitrogens is 2. The minimum Gasteiger partial charge on any atom is -0.369 e. The smallest absolute Gasteiger partial charge is 0.329 e. The number of nitrogens with one attached hydrogen (secondary N) is 2. The maximum Gasteiger partial charge on any atom is 0.329 e. The SMILES string of the molecule is CNC(=O)N(C(=N)N)c1ccncn1. The molecule has 1 aromatic rings. The van der Waals surface area contributed by atoms with Crippen LogP contribution in [0.1, 0.15) is 0 Å². The van der Waals surface area contributed by atoms with Crippen LogP contribution in [-0.2, 0) is 0 Å². The van der Waals surface area contributed by atoms with E-state index in [2.05, 4.69) is 15.3 Å². The molecule has 1 rings (SSSR count). The highest BCUT2D eigenvalue weighted by Gasteiger charge is 2.17. The number of urea groups is 1. The summed E-state index contributed by atoms with van der Waals surface area (Å²) in [5.41, 5.74) is 5.23. The molecule has 0 aliphatic carbocycles. The Bertz CT molecular complexity index is 337. The zero-order valence-corrected chi connectivity index (χ0v) is 7.56. The minimum absolute atomic E-state index is 0.256. The van der Waals surface area contributed by atoms with Crippen molar-refractivity contribution in [3.8, 4) is 0 Å². The average molecular weight is 194 g/mol. The molecular weight excluding hydrogens is 184 g/mol. The second-order valence-electron chi connectivity index (χ2n) is 2.34. The standard InChI is InChI=1S/C7H10N6O/c1-10-7(14)13(6(8)9)5-2-3-11-4-12-5/h2-4H,1H3,(H3,8,9)(H,10,14). The van der Waals surface area contributed by atoms with Crippen molar-refractivity contribution in [2.24, 2.45) is 5.73 Å². The van der Waals surface area contributed by atoms with E-state index >= 15 is 0 Å². The lowest BCUT2D eigenvalue weighted by Gasteiger charge is -2.17. The van der Waals surface area contributed by atoms with Crippen LogP contribution in [0.15, 0.2) is 18.6 Å². The predicted octanol–water partition coefficient (Wildman–Crippen LogP) is -0.484. The van der Waals surface area contributed by atoms with E-state index in [1.807, 2.05) is 0 Å². The predicted molar refractivity (Wildman–Crippen MR) is 50.9 cm³/mol. The number of hydrogen-bond donors (Lipinski definition) is 3. The molecule has 0 fully saturated rings. The summed E-state index contributed by atoms with van der Waals surface area (Å²) >= 11 is 0. The molecule has 7 heteroatoms. The molecule has 0 aromatic carbocycles. The third-order valence-corrected chi connectivity index (χ3v) is 1.45. The monoisotopic (exact) mass is 194 g/mol. The summed E-state index contributed by atoms with van der Waals surface area (Å²) in [5, 5.41) is 9.56. The largest absolute Gasteiger partial charge is 0.369 e. The van der Waals surface area contributed by atoms with Crippen LogP contribution >= 0.6 is 0 Å². The van der Waals surface area contributed by atoms with Crippen molar-refractivity contribution in [1.82, 2.24) is 15.3 Å². The van der Waals surface area contributed by atoms with Crippen LogP contribution in [-0.4, -0.2) is 29.0 Å². The fraction of sp³-hybridized carbons (Fsp3) is 0.143. The summed E-state index contributed by atoms with van der Waals surface area (Å²) in [5.74, 6) is -0.144. The van der Waals surface area contributed by atoms with E-state index in [9.17, 15) is 4.79 Å². The highest BCUT2D eigenvalue weighted by Crippen LogP contribution is 2.06. The second-order valence-corrected chi connectivity index (χ2v) is 2.34. The molecule has 0 aliphatic rings. The Morgan fingerprint density at radius 1 is 1.71 bits per heavy atom. The average Bonchev–Trinajstić information content (AvgIpc) is 2.19. The van der Waals surface area contributed by atoms with Crippen molar-refractivity contribution in [1.29, 1.82) is 5.41 Å². The summed E-state index contributed by atoms with van der Waals surface area (Å²) in [6, 6.07) is 0.965. The van der Waals surface area contributed by atoms with Crippen molar-refractivity contribution in [2.45, 2.75) is 0 Å². The van der Waals surface area contributed by atoms with Gasteiger partial charge in [0, 0.05) is 13.2 Å². The molecule has 0 aliphatic heterocycles. The number of guanidine groups is 1. The molecule has 2 amide bonds. The highest BCUT2D eigenvalue weighted by atomic mass is 16.2. The second kappa shape index (κ2) is 4.17. The molecule has 1 aromatic heterocycles. The van der Waals surface area contributed by atoms with Crippen LogP contribution in [0.4, 0.5) is 10.6 Å². The topological polar surface area (TPSA) is 108 Å². The molecule has 0 saturated carbocycles. The Hall–Kier alpha value is -2.18. The fourth-order valence-electron chi connectivity index (χ4n) is 0.865. The molecular formula is C7H10N6O. The highest BCUT2D eigenvalue weighted by molar-refractivity contribution is 6.12. The first kappa shape index (κ1) is 9.90. The van der Waals surface area contributed by atoms with Crippen LogP contribution in [0.2, 0.25) is 0 Å². The first-order valence-electron chi connectivity index (χ1n) is 3.78. The van der Waals surface area contributed by atoms with E-state index in [-0.39, 0.29) is 5.82 Å². The Labute approximate surface area is 80.5 Å². The normalized spacial score (nSPS) is 9.21. The fourth-order valence-corrected chi connectivity index (χ4v) is 0.865. The Balaban J connectivity index is 3.01. The van der Waals surface area contributed by atoms with Gasteiger partial charge in [0.2, 0.25) is 5.96 Å². The first-order valence-corrected chi connectivity index (χ1v) is 3.78. The van der Waals surface area contributed by atoms with Crippen molar-refractivity contribution in [2.75, 3.05) is 11.9 Å². The van der Waals surface area contributed by atoms with Crippen molar-refractivity contribution >= 4 is 17.8 Å². The zero-order chi connectivity index (χ0) is 10.6. The van der Waals surface area contributed by atoms with Gasteiger partial charge in [-0.25, -0.2) is 19.7 Å². The first-order chi connectivity index (χ1) is 6.66. The van der Waals surface area contributed by atoms with Gasteiger partial charge in [0.1, 0.15) is 12.1 Å². The van der Waals surface area contributed by atoms with Gasteiger partial charge < -0.3 is 11.1 Å². The number of nitrogens with zero attached hydrogens (tertiary/aromatic N) is 3. The van der Waals surface area contributed by atoms with E-state index in [1.165, 1.54) is 25.6 Å². The summed E-state index contributed by atoms with van der Waals surface area (Å²) in [4.78, 5) is 19.7. The van der Waals surface area contributed by atoms with E-state index in [0.717, 1.165) is 4.90 Å². The Morgan fingerprint density at radius 2 is 2.43 bits per heavy atom. The Kier molecular flexibility index (Phi) is 2.95. The molecule has 0 bridgehead atoms. The summed E-state index contributed by atoms with van der Waals surface area (Å²) in [6.07, 6.45) is 2.73. The molecule has 14 heavy (non-hydrogen) atoms. The molecule has 0 radical (unpaired) electrons. The summed E-state index contributed by atoms with van der Waals surface area (Å²) < 4.78 is 0. The number of rotatable bonds is 1. The van der Waals surface area contributed by atoms with Gasteiger partial charge >= 0.3 is 6.03 Å². The summed E-state index contributed by atoms with van der Waals surface area (Å²) in [6.45, 7) is 0. The van der Waals surface area contributed by atoms with Crippen LogP contribution in [0.5, 0.6) is 0 Å². The zero-order valence-electron chi connectivity index (χ0n) is 7.56. The van der Waals surface area contributed by atoms with Gasteiger partial charge in [0.15, 0.2) is 0 Å². The maximum atomic E-state index is 11.3. The number of amides is 2. The lowest BCUT2D eigenvalue weighted by atomic mass is 10.5. The van der Waals surface area contributed by atoms with Crippen LogP contribution in [0, 0.1) is 5.41 Å². The number of carbonyl (C=O) groups is 1. The third-order valence-electron chi connectivity index (χ3n) is 1.45. The van der Waals surface area contributed by atoms with E-state index in [1.54, 1.807) is 0 Å². The van der Waals surface area contributed by atoms with Crippen molar-refractivity contribution in [3.63, 3.8) is 0 Å². The maximum absolute atomic E-state index is 11.3. The van der Waals surface area contributed by atoms with Gasteiger partial charge in [-0.3, -0.25) is 5.41 Å². The number of nitrogens with two attached hydrogens (primary N) is 1. The van der Waals surface area contributed by atoms with Crippen LogP contribution in [0.3, 0.4) is 0 Å². The number of hydrogen-bond acceptors (Lipinski definition) is 4. The molecule has 0 spiro atoms. The minimum atomic E-state index is -0.517. The number of anilines is 1. The van der Waals surface area contributed by atoms with Crippen molar-refractivity contribution in [3.05, 3.63) is 18.6 Å². The molecule has 74 valence electrons.